The third-order valence-corrected chi connectivity index (χ3v) is 3.32. The van der Waals surface area contributed by atoms with Crippen LogP contribution in [0.5, 0.6) is 0 Å². The van der Waals surface area contributed by atoms with Crippen molar-refractivity contribution in [3.63, 3.8) is 0 Å². The SMILES string of the molecule is Cn1ccnc1CCOC1CCC(N)CC1. The van der Waals surface area contributed by atoms with Crippen LogP contribution >= 0.6 is 0 Å². The molecule has 0 amide bonds. The molecule has 1 saturated carbocycles. The molecule has 1 aliphatic carbocycles. The maximum absolute atomic E-state index is 5.85. The molecule has 1 heterocycles. The van der Waals surface area contributed by atoms with Gasteiger partial charge in [-0.15, -0.1) is 0 Å². The Morgan fingerprint density at radius 1 is 1.44 bits per heavy atom. The summed E-state index contributed by atoms with van der Waals surface area (Å²) in [4.78, 5) is 4.27. The third-order valence-electron chi connectivity index (χ3n) is 3.32. The van der Waals surface area contributed by atoms with Gasteiger partial charge in [-0.05, 0) is 25.7 Å². The number of aryl methyl sites for hydroxylation is 1. The number of imidazole rings is 1. The van der Waals surface area contributed by atoms with E-state index in [1.807, 2.05) is 24.0 Å². The van der Waals surface area contributed by atoms with Crippen LogP contribution in [-0.4, -0.2) is 28.3 Å². The first-order valence-corrected chi connectivity index (χ1v) is 6.09. The molecule has 0 aromatic carbocycles. The Labute approximate surface area is 96.8 Å². The average Bonchev–Trinajstić information content (AvgIpc) is 2.68. The van der Waals surface area contributed by atoms with Crippen LogP contribution in [0.15, 0.2) is 12.4 Å². The molecule has 4 nitrogen and oxygen atoms in total. The van der Waals surface area contributed by atoms with Crippen molar-refractivity contribution in [2.24, 2.45) is 12.8 Å². The third kappa shape index (κ3) is 3.06. The summed E-state index contributed by atoms with van der Waals surface area (Å²) in [7, 11) is 2.02. The zero-order chi connectivity index (χ0) is 11.4. The molecule has 1 aromatic rings. The van der Waals surface area contributed by atoms with E-state index in [2.05, 4.69) is 4.98 Å². The van der Waals surface area contributed by atoms with Crippen molar-refractivity contribution in [1.82, 2.24) is 9.55 Å². The summed E-state index contributed by atoms with van der Waals surface area (Å²) in [6.45, 7) is 0.769. The van der Waals surface area contributed by atoms with E-state index in [9.17, 15) is 0 Å². The average molecular weight is 223 g/mol. The van der Waals surface area contributed by atoms with Gasteiger partial charge < -0.3 is 15.0 Å². The molecule has 90 valence electrons. The lowest BCUT2D eigenvalue weighted by atomic mass is 9.94. The van der Waals surface area contributed by atoms with Crippen molar-refractivity contribution in [3.8, 4) is 0 Å². The highest BCUT2D eigenvalue weighted by Gasteiger charge is 2.18. The van der Waals surface area contributed by atoms with Crippen molar-refractivity contribution < 1.29 is 4.74 Å². The van der Waals surface area contributed by atoms with Gasteiger partial charge in [0.05, 0.1) is 12.7 Å². The summed E-state index contributed by atoms with van der Waals surface area (Å²) < 4.78 is 7.89. The summed E-state index contributed by atoms with van der Waals surface area (Å²) in [6, 6.07) is 0.398. The van der Waals surface area contributed by atoms with Crippen molar-refractivity contribution in [2.75, 3.05) is 6.61 Å². The molecule has 0 saturated heterocycles. The number of aromatic nitrogens is 2. The zero-order valence-electron chi connectivity index (χ0n) is 9.93. The monoisotopic (exact) mass is 223 g/mol. The molecule has 0 atom stereocenters. The molecule has 1 aliphatic rings. The van der Waals surface area contributed by atoms with Crippen molar-refractivity contribution in [3.05, 3.63) is 18.2 Å². The van der Waals surface area contributed by atoms with Gasteiger partial charge in [-0.1, -0.05) is 0 Å². The first kappa shape index (κ1) is 11.6. The maximum Gasteiger partial charge on any atom is 0.110 e. The minimum Gasteiger partial charge on any atom is -0.378 e. The van der Waals surface area contributed by atoms with Crippen LogP contribution < -0.4 is 5.73 Å². The fourth-order valence-electron chi connectivity index (χ4n) is 2.21. The van der Waals surface area contributed by atoms with Crippen molar-refractivity contribution in [2.45, 2.75) is 44.2 Å². The van der Waals surface area contributed by atoms with E-state index in [4.69, 9.17) is 10.5 Å². The Balaban J connectivity index is 1.67. The topological polar surface area (TPSA) is 53.1 Å². The largest absolute Gasteiger partial charge is 0.378 e. The van der Waals surface area contributed by atoms with Gasteiger partial charge in [-0.3, -0.25) is 0 Å². The van der Waals surface area contributed by atoms with Crippen LogP contribution in [0.3, 0.4) is 0 Å². The van der Waals surface area contributed by atoms with Crippen LogP contribution in [0.2, 0.25) is 0 Å². The molecule has 0 spiro atoms. The van der Waals surface area contributed by atoms with Crippen LogP contribution in [0, 0.1) is 0 Å². The van der Waals surface area contributed by atoms with E-state index in [1.54, 1.807) is 0 Å². The lowest BCUT2D eigenvalue weighted by molar-refractivity contribution is 0.0262. The number of hydrogen-bond acceptors (Lipinski definition) is 3. The van der Waals surface area contributed by atoms with Gasteiger partial charge in [-0.2, -0.15) is 0 Å². The summed E-state index contributed by atoms with van der Waals surface area (Å²) >= 11 is 0. The highest BCUT2D eigenvalue weighted by molar-refractivity contribution is 4.91. The molecular weight excluding hydrogens is 202 g/mol. The minimum atomic E-state index is 0.398. The highest BCUT2D eigenvalue weighted by Crippen LogP contribution is 2.19. The van der Waals surface area contributed by atoms with E-state index in [0.717, 1.165) is 44.5 Å². The van der Waals surface area contributed by atoms with Crippen LogP contribution in [-0.2, 0) is 18.2 Å². The zero-order valence-corrected chi connectivity index (χ0v) is 9.93. The van der Waals surface area contributed by atoms with Crippen LogP contribution in [0.25, 0.3) is 0 Å². The maximum atomic E-state index is 5.85. The summed E-state index contributed by atoms with van der Waals surface area (Å²) in [6.07, 6.45) is 9.54. The number of ether oxygens (including phenoxy) is 1. The van der Waals surface area contributed by atoms with Gasteiger partial charge in [-0.25, -0.2) is 4.98 Å². The van der Waals surface area contributed by atoms with E-state index < -0.39 is 0 Å². The molecule has 0 radical (unpaired) electrons. The predicted molar refractivity (Wildman–Crippen MR) is 63.1 cm³/mol. The van der Waals surface area contributed by atoms with Gasteiger partial charge in [0.1, 0.15) is 5.82 Å². The molecule has 2 N–H and O–H groups in total. The quantitative estimate of drug-likeness (QED) is 0.835. The van der Waals surface area contributed by atoms with Gasteiger partial charge in [0.25, 0.3) is 0 Å². The van der Waals surface area contributed by atoms with Crippen molar-refractivity contribution >= 4 is 0 Å². The van der Waals surface area contributed by atoms with E-state index in [0.29, 0.717) is 12.1 Å². The molecule has 1 aromatic heterocycles. The van der Waals surface area contributed by atoms with Gasteiger partial charge in [0.2, 0.25) is 0 Å². The van der Waals surface area contributed by atoms with Crippen molar-refractivity contribution in [1.29, 1.82) is 0 Å². The fourth-order valence-corrected chi connectivity index (χ4v) is 2.21. The molecule has 4 heteroatoms. The molecular formula is C12H21N3O. The molecule has 16 heavy (non-hydrogen) atoms. The minimum absolute atomic E-state index is 0.398. The van der Waals surface area contributed by atoms with Gasteiger partial charge >= 0.3 is 0 Å². The molecule has 0 aliphatic heterocycles. The van der Waals surface area contributed by atoms with Gasteiger partial charge in [0.15, 0.2) is 0 Å². The Morgan fingerprint density at radius 3 is 2.81 bits per heavy atom. The fraction of sp³-hybridized carbons (Fsp3) is 0.750. The number of nitrogens with zero attached hydrogens (tertiary/aromatic N) is 2. The number of nitrogens with two attached hydrogens (primary N) is 1. The number of rotatable bonds is 4. The first-order valence-electron chi connectivity index (χ1n) is 6.09. The molecule has 2 rings (SSSR count). The van der Waals surface area contributed by atoms with Gasteiger partial charge in [0, 0.05) is 31.9 Å². The lowest BCUT2D eigenvalue weighted by Gasteiger charge is -2.26. The number of hydrogen-bond donors (Lipinski definition) is 1. The molecule has 1 fully saturated rings. The second-order valence-corrected chi connectivity index (χ2v) is 4.61. The second-order valence-electron chi connectivity index (χ2n) is 4.61. The van der Waals surface area contributed by atoms with E-state index >= 15 is 0 Å². The first-order chi connectivity index (χ1) is 7.75. The highest BCUT2D eigenvalue weighted by atomic mass is 16.5. The second kappa shape index (κ2) is 5.46. The smallest absolute Gasteiger partial charge is 0.110 e. The summed E-state index contributed by atoms with van der Waals surface area (Å²) in [5, 5.41) is 0. The Hall–Kier alpha value is -0.870. The van der Waals surface area contributed by atoms with Crippen LogP contribution in [0.4, 0.5) is 0 Å². The summed E-state index contributed by atoms with van der Waals surface area (Å²) in [5.41, 5.74) is 5.85. The standard InChI is InChI=1S/C12H21N3O/c1-15-8-7-14-12(15)6-9-16-11-4-2-10(13)3-5-11/h7-8,10-11H,2-6,9,13H2,1H3. The lowest BCUT2D eigenvalue weighted by Crippen LogP contribution is -2.30. The Morgan fingerprint density at radius 2 is 2.19 bits per heavy atom. The van der Waals surface area contributed by atoms with E-state index in [-0.39, 0.29) is 0 Å². The predicted octanol–water partition coefficient (Wildman–Crippen LogP) is 1.25. The van der Waals surface area contributed by atoms with E-state index in [1.165, 1.54) is 0 Å². The summed E-state index contributed by atoms with van der Waals surface area (Å²) in [5.74, 6) is 1.09. The normalized spacial score (nSPS) is 25.9. The van der Waals surface area contributed by atoms with Crippen LogP contribution in [0.1, 0.15) is 31.5 Å². The molecule has 0 unspecified atom stereocenters. The molecule has 0 bridgehead atoms. The Bertz CT molecular complexity index is 316. The Kier molecular flexibility index (Phi) is 3.96.